The summed E-state index contributed by atoms with van der Waals surface area (Å²) < 4.78 is 8.16. The molecule has 0 unspecified atom stereocenters. The van der Waals surface area contributed by atoms with Crippen LogP contribution in [0.3, 0.4) is 0 Å². The van der Waals surface area contributed by atoms with Crippen molar-refractivity contribution >= 4 is 45.3 Å². The van der Waals surface area contributed by atoms with Gasteiger partial charge in [0.2, 0.25) is 5.91 Å². The van der Waals surface area contributed by atoms with Gasteiger partial charge in [0, 0.05) is 22.3 Å². The molecule has 0 atom stereocenters. The highest BCUT2D eigenvalue weighted by atomic mass is 79.9. The molecule has 0 aliphatic heterocycles. The number of hydrogen-bond donors (Lipinski definition) is 1. The lowest BCUT2D eigenvalue weighted by Crippen LogP contribution is -2.16. The summed E-state index contributed by atoms with van der Waals surface area (Å²) in [4.78, 5) is 24.5. The highest BCUT2D eigenvalue weighted by molar-refractivity contribution is 9.10. The Morgan fingerprint density at radius 1 is 1.16 bits per heavy atom. The van der Waals surface area contributed by atoms with Crippen molar-refractivity contribution in [2.24, 2.45) is 0 Å². The fraction of sp³-hybridized carbons (Fsp3) is 0.273. The highest BCUT2D eigenvalue weighted by Gasteiger charge is 2.15. The topological polar surface area (TPSA) is 86.1 Å². The Labute approximate surface area is 193 Å². The second-order valence-electron chi connectivity index (χ2n) is 6.93. The van der Waals surface area contributed by atoms with Crippen molar-refractivity contribution in [3.63, 3.8) is 0 Å². The molecular weight excluding hydrogens is 480 g/mol. The second kappa shape index (κ2) is 10.6. The van der Waals surface area contributed by atoms with Gasteiger partial charge in [-0.1, -0.05) is 45.9 Å². The number of carbonyl (C=O) groups is 2. The quantitative estimate of drug-likeness (QED) is 0.343. The maximum atomic E-state index is 12.4. The zero-order valence-corrected chi connectivity index (χ0v) is 19.9. The van der Waals surface area contributed by atoms with Crippen LogP contribution in [-0.2, 0) is 16.1 Å². The first kappa shape index (κ1) is 23.0. The number of nitrogens with one attached hydrogen (secondary N) is 1. The van der Waals surface area contributed by atoms with Gasteiger partial charge >= 0.3 is 5.97 Å². The van der Waals surface area contributed by atoms with Crippen LogP contribution in [-0.4, -0.2) is 38.5 Å². The molecule has 1 aromatic heterocycles. The van der Waals surface area contributed by atoms with Gasteiger partial charge in [-0.3, -0.25) is 4.79 Å². The van der Waals surface area contributed by atoms with Gasteiger partial charge in [-0.2, -0.15) is 0 Å². The van der Waals surface area contributed by atoms with Gasteiger partial charge in [0.1, 0.15) is 0 Å². The minimum Gasteiger partial charge on any atom is -0.459 e. The van der Waals surface area contributed by atoms with Crippen LogP contribution in [0.15, 0.2) is 58.2 Å². The van der Waals surface area contributed by atoms with E-state index in [1.807, 2.05) is 35.8 Å². The molecule has 7 nitrogen and oxygen atoms in total. The summed E-state index contributed by atoms with van der Waals surface area (Å²) in [5.41, 5.74) is 1.89. The molecule has 31 heavy (non-hydrogen) atoms. The van der Waals surface area contributed by atoms with Crippen molar-refractivity contribution in [3.05, 3.63) is 58.6 Å². The third kappa shape index (κ3) is 6.18. The van der Waals surface area contributed by atoms with Gasteiger partial charge in [0.05, 0.1) is 17.4 Å². The number of aromatic nitrogens is 3. The predicted molar refractivity (Wildman–Crippen MR) is 125 cm³/mol. The van der Waals surface area contributed by atoms with Gasteiger partial charge in [0.15, 0.2) is 11.0 Å². The molecule has 162 valence electrons. The Morgan fingerprint density at radius 2 is 1.90 bits per heavy atom. The number of nitrogens with zero attached hydrogens (tertiary/aromatic N) is 3. The minimum atomic E-state index is -0.419. The van der Waals surface area contributed by atoms with Crippen molar-refractivity contribution in [2.45, 2.75) is 38.6 Å². The molecule has 0 saturated carbocycles. The molecule has 1 N–H and O–H groups in total. The van der Waals surface area contributed by atoms with E-state index in [1.54, 1.807) is 38.1 Å². The lowest BCUT2D eigenvalue weighted by molar-refractivity contribution is -0.113. The van der Waals surface area contributed by atoms with Crippen LogP contribution in [0, 0.1) is 0 Å². The number of halogens is 1. The van der Waals surface area contributed by atoms with Crippen LogP contribution in [0.5, 0.6) is 0 Å². The fourth-order valence-corrected chi connectivity index (χ4v) is 3.89. The Kier molecular flexibility index (Phi) is 7.86. The molecule has 0 radical (unpaired) electrons. The number of thioether (sulfide) groups is 1. The first-order valence-electron chi connectivity index (χ1n) is 9.80. The van der Waals surface area contributed by atoms with Crippen LogP contribution < -0.4 is 5.32 Å². The average Bonchev–Trinajstić information content (AvgIpc) is 3.15. The zero-order valence-electron chi connectivity index (χ0n) is 17.5. The number of amides is 1. The summed E-state index contributed by atoms with van der Waals surface area (Å²) in [7, 11) is 0. The van der Waals surface area contributed by atoms with E-state index in [0.717, 1.165) is 15.9 Å². The van der Waals surface area contributed by atoms with E-state index in [2.05, 4.69) is 31.4 Å². The van der Waals surface area contributed by atoms with Crippen LogP contribution in [0.1, 0.15) is 31.1 Å². The molecule has 1 amide bonds. The summed E-state index contributed by atoms with van der Waals surface area (Å²) >= 11 is 4.75. The van der Waals surface area contributed by atoms with E-state index in [-0.39, 0.29) is 17.8 Å². The number of benzene rings is 2. The number of hydrogen-bond acceptors (Lipinski definition) is 6. The lowest BCUT2D eigenvalue weighted by Gasteiger charge is -2.10. The second-order valence-corrected chi connectivity index (χ2v) is 8.79. The number of rotatable bonds is 8. The Balaban J connectivity index is 1.64. The molecule has 0 bridgehead atoms. The highest BCUT2D eigenvalue weighted by Crippen LogP contribution is 2.25. The molecular formula is C22H23BrN4O3S. The molecule has 9 heteroatoms. The Bertz CT molecular complexity index is 1070. The van der Waals surface area contributed by atoms with Crippen LogP contribution >= 0.6 is 27.7 Å². The molecule has 0 saturated heterocycles. The number of carbonyl (C=O) groups excluding carboxylic acids is 2. The average molecular weight is 503 g/mol. The summed E-state index contributed by atoms with van der Waals surface area (Å²) in [6.07, 6.45) is -0.208. The summed E-state index contributed by atoms with van der Waals surface area (Å²) in [5.74, 6) is 0.306. The van der Waals surface area contributed by atoms with Gasteiger partial charge < -0.3 is 14.6 Å². The van der Waals surface area contributed by atoms with E-state index >= 15 is 0 Å². The largest absolute Gasteiger partial charge is 0.459 e. The van der Waals surface area contributed by atoms with Gasteiger partial charge in [-0.05, 0) is 51.1 Å². The van der Waals surface area contributed by atoms with Crippen LogP contribution in [0.4, 0.5) is 5.69 Å². The molecule has 3 aromatic rings. The van der Waals surface area contributed by atoms with Crippen molar-refractivity contribution < 1.29 is 14.3 Å². The predicted octanol–water partition coefficient (Wildman–Crippen LogP) is 5.02. The molecule has 3 rings (SSSR count). The zero-order chi connectivity index (χ0) is 22.4. The third-order valence-corrected chi connectivity index (χ3v) is 5.69. The monoisotopic (exact) mass is 502 g/mol. The van der Waals surface area contributed by atoms with Crippen molar-refractivity contribution in [1.82, 2.24) is 14.8 Å². The van der Waals surface area contributed by atoms with Crippen molar-refractivity contribution in [1.29, 1.82) is 0 Å². The molecule has 2 aromatic carbocycles. The maximum Gasteiger partial charge on any atom is 0.338 e. The van der Waals surface area contributed by atoms with E-state index in [4.69, 9.17) is 4.74 Å². The Morgan fingerprint density at radius 3 is 2.58 bits per heavy atom. The number of esters is 1. The van der Waals surface area contributed by atoms with E-state index in [1.165, 1.54) is 11.8 Å². The first-order valence-corrected chi connectivity index (χ1v) is 11.6. The Hall–Kier alpha value is -2.65. The third-order valence-electron chi connectivity index (χ3n) is 4.19. The van der Waals surface area contributed by atoms with E-state index in [9.17, 15) is 9.59 Å². The van der Waals surface area contributed by atoms with E-state index in [0.29, 0.717) is 23.0 Å². The standard InChI is InChI=1S/C22H23BrN4O3S/c1-4-27-20(15-8-10-17(23)11-9-15)25-26-22(27)31-13-19(28)24-18-7-5-6-16(12-18)21(29)30-14(2)3/h5-12,14H,4,13H2,1-3H3,(H,24,28). The van der Waals surface area contributed by atoms with Crippen molar-refractivity contribution in [3.8, 4) is 11.4 Å². The van der Waals surface area contributed by atoms with Gasteiger partial charge in [-0.25, -0.2) is 4.79 Å². The first-order chi connectivity index (χ1) is 14.9. The van der Waals surface area contributed by atoms with Crippen molar-refractivity contribution in [2.75, 3.05) is 11.1 Å². The molecule has 0 fully saturated rings. The summed E-state index contributed by atoms with van der Waals surface area (Å²) in [6, 6.07) is 14.5. The number of anilines is 1. The summed E-state index contributed by atoms with van der Waals surface area (Å²) in [5, 5.41) is 12.0. The maximum absolute atomic E-state index is 12.4. The number of ether oxygens (including phenoxy) is 1. The SMILES string of the molecule is CCn1c(SCC(=O)Nc2cccc(C(=O)OC(C)C)c2)nnc1-c1ccc(Br)cc1. The lowest BCUT2D eigenvalue weighted by atomic mass is 10.2. The minimum absolute atomic E-state index is 0.166. The molecule has 1 heterocycles. The van der Waals surface area contributed by atoms with Crippen LogP contribution in [0.25, 0.3) is 11.4 Å². The normalized spacial score (nSPS) is 10.9. The van der Waals surface area contributed by atoms with Crippen LogP contribution in [0.2, 0.25) is 0 Å². The fourth-order valence-electron chi connectivity index (χ4n) is 2.83. The molecule has 0 spiro atoms. The van der Waals surface area contributed by atoms with Gasteiger partial charge in [0.25, 0.3) is 0 Å². The smallest absolute Gasteiger partial charge is 0.338 e. The molecule has 0 aliphatic carbocycles. The molecule has 0 aliphatic rings. The van der Waals surface area contributed by atoms with E-state index < -0.39 is 5.97 Å². The summed E-state index contributed by atoms with van der Waals surface area (Å²) in [6.45, 7) is 6.27. The van der Waals surface area contributed by atoms with Gasteiger partial charge in [-0.15, -0.1) is 10.2 Å².